The summed E-state index contributed by atoms with van der Waals surface area (Å²) in [4.78, 5) is 4.77. The molecule has 0 saturated carbocycles. The molecule has 0 radical (unpaired) electrons. The van der Waals surface area contributed by atoms with Gasteiger partial charge in [-0.1, -0.05) is 36.4 Å². The Morgan fingerprint density at radius 2 is 0.960 bits per heavy atom. The van der Waals surface area contributed by atoms with E-state index >= 15 is 0 Å². The molecular formula is C22H25N3. The average molecular weight is 331 g/mol. The Kier molecular flexibility index (Phi) is 4.75. The van der Waals surface area contributed by atoms with E-state index in [1.807, 2.05) is 0 Å². The fourth-order valence-electron chi connectivity index (χ4n) is 3.07. The van der Waals surface area contributed by atoms with Crippen molar-refractivity contribution in [2.24, 2.45) is 0 Å². The topological polar surface area (TPSA) is 37.0 Å². The Hall–Kier alpha value is -2.81. The summed E-state index contributed by atoms with van der Waals surface area (Å²) in [6.07, 6.45) is 0. The third kappa shape index (κ3) is 3.82. The van der Waals surface area contributed by atoms with Gasteiger partial charge in [0.2, 0.25) is 0 Å². The van der Waals surface area contributed by atoms with Crippen molar-refractivity contribution < 1.29 is 0 Å². The summed E-state index contributed by atoms with van der Waals surface area (Å²) in [7, 11) is 0. The van der Waals surface area contributed by atoms with Gasteiger partial charge in [0, 0.05) is 11.4 Å². The van der Waals surface area contributed by atoms with E-state index in [1.165, 1.54) is 22.3 Å². The molecule has 0 unspecified atom stereocenters. The molecule has 1 aromatic heterocycles. The third-order valence-corrected chi connectivity index (χ3v) is 4.44. The Bertz CT molecular complexity index is 801. The maximum atomic E-state index is 4.77. The number of pyridine rings is 1. The standard InChI is InChI=1S/C22H25N3/c1-14-12-19(24-21-15(2)8-6-9-16(21)3)23-20(13-14)25-22-17(4)10-7-11-18(22)5/h6-13H,1-5H3,(H2,23,24,25). The zero-order valence-corrected chi connectivity index (χ0v) is 15.6. The summed E-state index contributed by atoms with van der Waals surface area (Å²) < 4.78 is 0. The van der Waals surface area contributed by atoms with E-state index < -0.39 is 0 Å². The third-order valence-electron chi connectivity index (χ3n) is 4.44. The highest BCUT2D eigenvalue weighted by Crippen LogP contribution is 2.27. The highest BCUT2D eigenvalue weighted by Gasteiger charge is 2.08. The summed E-state index contributed by atoms with van der Waals surface area (Å²) in [6.45, 7) is 10.5. The molecule has 0 fully saturated rings. The van der Waals surface area contributed by atoms with Crippen LogP contribution in [0.4, 0.5) is 23.0 Å². The Morgan fingerprint density at radius 1 is 0.600 bits per heavy atom. The number of hydrogen-bond acceptors (Lipinski definition) is 3. The first-order valence-corrected chi connectivity index (χ1v) is 8.59. The van der Waals surface area contributed by atoms with Crippen LogP contribution in [-0.2, 0) is 0 Å². The van der Waals surface area contributed by atoms with Gasteiger partial charge < -0.3 is 10.6 Å². The number of rotatable bonds is 4. The molecule has 3 rings (SSSR count). The van der Waals surface area contributed by atoms with Crippen molar-refractivity contribution in [2.75, 3.05) is 10.6 Å². The summed E-state index contributed by atoms with van der Waals surface area (Å²) in [6, 6.07) is 16.7. The lowest BCUT2D eigenvalue weighted by molar-refractivity contribution is 1.23. The zero-order chi connectivity index (χ0) is 18.0. The second kappa shape index (κ2) is 6.98. The first-order valence-electron chi connectivity index (χ1n) is 8.59. The maximum absolute atomic E-state index is 4.77. The number of aryl methyl sites for hydroxylation is 5. The number of nitrogens with zero attached hydrogens (tertiary/aromatic N) is 1. The minimum absolute atomic E-state index is 0.853. The fourth-order valence-corrected chi connectivity index (χ4v) is 3.07. The Balaban J connectivity index is 1.93. The van der Waals surface area contributed by atoms with Crippen LogP contribution >= 0.6 is 0 Å². The molecule has 0 atom stereocenters. The molecular weight excluding hydrogens is 306 g/mol. The summed E-state index contributed by atoms with van der Waals surface area (Å²) in [5.41, 5.74) is 8.27. The van der Waals surface area contributed by atoms with Gasteiger partial charge in [-0.2, -0.15) is 0 Å². The zero-order valence-electron chi connectivity index (χ0n) is 15.6. The van der Waals surface area contributed by atoms with E-state index in [0.717, 1.165) is 28.6 Å². The molecule has 0 aliphatic rings. The minimum Gasteiger partial charge on any atom is -0.340 e. The predicted molar refractivity (Wildman–Crippen MR) is 107 cm³/mol. The quantitative estimate of drug-likeness (QED) is 0.605. The Morgan fingerprint density at radius 3 is 1.32 bits per heavy atom. The highest BCUT2D eigenvalue weighted by molar-refractivity contribution is 5.69. The van der Waals surface area contributed by atoms with Gasteiger partial charge in [0.15, 0.2) is 0 Å². The Labute approximate surface area is 150 Å². The lowest BCUT2D eigenvalue weighted by Crippen LogP contribution is -2.03. The first kappa shape index (κ1) is 17.0. The number of hydrogen-bond donors (Lipinski definition) is 2. The van der Waals surface area contributed by atoms with Crippen molar-refractivity contribution in [2.45, 2.75) is 34.6 Å². The number of benzene rings is 2. The molecule has 0 aliphatic heterocycles. The van der Waals surface area contributed by atoms with E-state index in [-0.39, 0.29) is 0 Å². The van der Waals surface area contributed by atoms with E-state index in [9.17, 15) is 0 Å². The van der Waals surface area contributed by atoms with Gasteiger partial charge in [0.1, 0.15) is 11.6 Å². The van der Waals surface area contributed by atoms with Crippen molar-refractivity contribution in [1.29, 1.82) is 0 Å². The van der Waals surface area contributed by atoms with Crippen molar-refractivity contribution in [1.82, 2.24) is 4.98 Å². The molecule has 25 heavy (non-hydrogen) atoms. The van der Waals surface area contributed by atoms with E-state index in [2.05, 4.69) is 93.8 Å². The molecule has 3 heteroatoms. The van der Waals surface area contributed by atoms with Crippen LogP contribution in [0.5, 0.6) is 0 Å². The van der Waals surface area contributed by atoms with Gasteiger partial charge in [-0.15, -0.1) is 0 Å². The van der Waals surface area contributed by atoms with Crippen LogP contribution in [0, 0.1) is 34.6 Å². The van der Waals surface area contributed by atoms with E-state index in [4.69, 9.17) is 4.98 Å². The summed E-state index contributed by atoms with van der Waals surface area (Å²) >= 11 is 0. The number of para-hydroxylation sites is 2. The molecule has 3 nitrogen and oxygen atoms in total. The van der Waals surface area contributed by atoms with Crippen molar-refractivity contribution in [3.63, 3.8) is 0 Å². The largest absolute Gasteiger partial charge is 0.340 e. The number of nitrogens with one attached hydrogen (secondary N) is 2. The molecule has 0 spiro atoms. The second-order valence-corrected chi connectivity index (χ2v) is 6.70. The highest BCUT2D eigenvalue weighted by atomic mass is 15.1. The molecule has 3 aromatic rings. The van der Waals surface area contributed by atoms with Crippen LogP contribution < -0.4 is 10.6 Å². The molecule has 2 N–H and O–H groups in total. The van der Waals surface area contributed by atoms with Gasteiger partial charge in [-0.25, -0.2) is 4.98 Å². The monoisotopic (exact) mass is 331 g/mol. The van der Waals surface area contributed by atoms with Crippen LogP contribution in [0.25, 0.3) is 0 Å². The van der Waals surface area contributed by atoms with Gasteiger partial charge in [-0.05, 0) is 74.6 Å². The van der Waals surface area contributed by atoms with Crippen LogP contribution in [0.1, 0.15) is 27.8 Å². The lowest BCUT2D eigenvalue weighted by Gasteiger charge is -2.16. The molecule has 0 saturated heterocycles. The summed E-state index contributed by atoms with van der Waals surface area (Å²) in [5.74, 6) is 1.71. The molecule has 128 valence electrons. The van der Waals surface area contributed by atoms with Gasteiger partial charge in [0.05, 0.1) is 0 Å². The predicted octanol–water partition coefficient (Wildman–Crippen LogP) is 6.11. The minimum atomic E-state index is 0.853. The van der Waals surface area contributed by atoms with Crippen LogP contribution in [0.2, 0.25) is 0 Å². The van der Waals surface area contributed by atoms with Gasteiger partial charge in [0.25, 0.3) is 0 Å². The number of anilines is 4. The van der Waals surface area contributed by atoms with E-state index in [1.54, 1.807) is 0 Å². The second-order valence-electron chi connectivity index (χ2n) is 6.70. The van der Waals surface area contributed by atoms with E-state index in [0.29, 0.717) is 0 Å². The maximum Gasteiger partial charge on any atom is 0.133 e. The molecule has 2 aromatic carbocycles. The van der Waals surface area contributed by atoms with Crippen molar-refractivity contribution >= 4 is 23.0 Å². The van der Waals surface area contributed by atoms with Gasteiger partial charge >= 0.3 is 0 Å². The fraction of sp³-hybridized carbons (Fsp3) is 0.227. The normalized spacial score (nSPS) is 10.6. The van der Waals surface area contributed by atoms with Crippen LogP contribution in [0.3, 0.4) is 0 Å². The smallest absolute Gasteiger partial charge is 0.133 e. The van der Waals surface area contributed by atoms with Crippen molar-refractivity contribution in [3.05, 3.63) is 76.3 Å². The molecule has 0 aliphatic carbocycles. The average Bonchev–Trinajstić information content (AvgIpc) is 2.54. The summed E-state index contributed by atoms with van der Waals surface area (Å²) in [5, 5.41) is 6.97. The SMILES string of the molecule is Cc1cc(Nc2c(C)cccc2C)nc(Nc2c(C)cccc2C)c1. The van der Waals surface area contributed by atoms with Gasteiger partial charge in [-0.3, -0.25) is 0 Å². The van der Waals surface area contributed by atoms with Crippen LogP contribution in [0.15, 0.2) is 48.5 Å². The molecule has 0 bridgehead atoms. The molecule has 0 amide bonds. The van der Waals surface area contributed by atoms with Crippen molar-refractivity contribution in [3.8, 4) is 0 Å². The van der Waals surface area contributed by atoms with Crippen LogP contribution in [-0.4, -0.2) is 4.98 Å². The number of aromatic nitrogens is 1. The lowest BCUT2D eigenvalue weighted by atomic mass is 10.1. The molecule has 1 heterocycles. The first-order chi connectivity index (χ1) is 11.9.